The fraction of sp³-hybridized carbons (Fsp3) is 0. The summed E-state index contributed by atoms with van der Waals surface area (Å²) in [5.41, 5.74) is 1.93. The summed E-state index contributed by atoms with van der Waals surface area (Å²) in [5, 5.41) is 3.19. The van der Waals surface area contributed by atoms with Crippen molar-refractivity contribution in [3.05, 3.63) is 60.7 Å². The molecule has 1 nitrogen and oxygen atoms in total. The van der Waals surface area contributed by atoms with Crippen LogP contribution in [-0.2, 0) is 1010 Å². The van der Waals surface area contributed by atoms with Crippen LogP contribution in [0.3, 0.4) is 0 Å². The van der Waals surface area contributed by atoms with Gasteiger partial charge in [0.15, 0.2) is 0 Å². The van der Waals surface area contributed by atoms with E-state index in [9.17, 15) is 0 Å². The molecule has 0 spiro atoms. The van der Waals surface area contributed by atoms with E-state index in [0.29, 0.717) is 0 Å². The van der Waals surface area contributed by atoms with E-state index in [0.717, 1.165) is 11.4 Å². The number of benzene rings is 2. The van der Waals surface area contributed by atoms with Crippen LogP contribution in [0.15, 0.2) is 48.5 Å². The van der Waals surface area contributed by atoms with Gasteiger partial charge in [-0.1, -0.05) is 11.4 Å². The van der Waals surface area contributed by atoms with E-state index in [1.54, 1.807) is 0 Å². The van der Waals surface area contributed by atoms with Gasteiger partial charge in [0.25, 0.3) is 0 Å². The molecule has 1 N–H and O–H groups in total. The van der Waals surface area contributed by atoms with Gasteiger partial charge in [-0.2, -0.15) is 48.5 Å². The molecule has 0 aliphatic rings. The smallest absolute Gasteiger partial charge is 0 e. The minimum atomic E-state index is 0. The first-order valence-corrected chi connectivity index (χ1v) is 4.15. The van der Waals surface area contributed by atoms with Crippen LogP contribution in [0.2, 0.25) is 0 Å². The topological polar surface area (TPSA) is 12.0 Å². The zero-order chi connectivity index (χ0) is 8.93. The average Bonchev–Trinajstić information content (AvgIpc) is 2.21. The molecule has 0 bridgehead atoms. The number of para-hydroxylation sites is 2. The molecule has 0 fully saturated rings. The molecular formula is C12H9NY31-2. The van der Waals surface area contributed by atoms with Crippen molar-refractivity contribution >= 4 is 11.4 Å². The monoisotopic (exact) mass is 2920 g/mol. The maximum Gasteiger partial charge on any atom is 0 e. The van der Waals surface area contributed by atoms with Crippen LogP contribution >= 0.6 is 0 Å². The van der Waals surface area contributed by atoms with Gasteiger partial charge < -0.3 is 5.32 Å². The van der Waals surface area contributed by atoms with Gasteiger partial charge in [-0.3, -0.25) is 0 Å². The molecule has 0 heterocycles. The first-order chi connectivity index (χ1) is 6.45. The Morgan fingerprint density at radius 2 is 0.409 bits per heavy atom. The quantitative estimate of drug-likeness (QED) is 0.458. The zero-order valence-electron chi connectivity index (χ0n) is 25.0. The van der Waals surface area contributed by atoms with E-state index >= 15 is 0 Å². The van der Waals surface area contributed by atoms with Crippen molar-refractivity contribution in [2.24, 2.45) is 0 Å². The number of rotatable bonds is 2. The third kappa shape index (κ3) is 146. The van der Waals surface area contributed by atoms with E-state index in [1.807, 2.05) is 48.5 Å². The Morgan fingerprint density at radius 1 is 0.250 bits per heavy atom. The molecule has 157 valence electrons. The minimum absolute atomic E-state index is 0. The van der Waals surface area contributed by atoms with Crippen LogP contribution in [-0.4, -0.2) is 0 Å². The van der Waals surface area contributed by atoms with Crippen LogP contribution in [0.25, 0.3) is 0 Å². The van der Waals surface area contributed by atoms with E-state index in [4.69, 9.17) is 0 Å². The number of hydrogen-bond acceptors (Lipinski definition) is 1. The first-order valence-electron chi connectivity index (χ1n) is 4.15. The van der Waals surface area contributed by atoms with Crippen molar-refractivity contribution in [2.45, 2.75) is 0 Å². The van der Waals surface area contributed by atoms with Crippen molar-refractivity contribution in [1.29, 1.82) is 0 Å². The van der Waals surface area contributed by atoms with E-state index in [2.05, 4.69) is 17.4 Å². The van der Waals surface area contributed by atoms with Crippen molar-refractivity contribution in [1.82, 2.24) is 0 Å². The molecule has 0 amide bonds. The van der Waals surface area contributed by atoms with Crippen LogP contribution < -0.4 is 5.32 Å². The molecule has 2 aromatic rings. The van der Waals surface area contributed by atoms with Crippen molar-refractivity contribution in [2.75, 3.05) is 5.32 Å². The summed E-state index contributed by atoms with van der Waals surface area (Å²) in [4.78, 5) is 0. The van der Waals surface area contributed by atoms with E-state index < -0.39 is 0 Å². The van der Waals surface area contributed by atoms with Crippen molar-refractivity contribution < 1.29 is 1010 Å². The SMILES string of the molecule is [Y].[Y].[Y].[Y].[Y].[Y].[Y].[Y].[Y].[Y].[Y].[Y].[Y].[Y].[Y].[Y].[Y].[Y].[Y].[Y].[Y].[Y].[Y].[Y].[Y].[Y].[Y].[Y].[Y].[Y].[Y].[c-]1ccccc1Nc1[c-]cccc1. The van der Waals surface area contributed by atoms with Crippen LogP contribution in [0.1, 0.15) is 0 Å². The predicted octanol–water partition coefficient (Wildman–Crippen LogP) is 2.95. The summed E-state index contributed by atoms with van der Waals surface area (Å²) in [6.45, 7) is 0. The van der Waals surface area contributed by atoms with Gasteiger partial charge in [0.1, 0.15) is 0 Å². The Hall–Kier alpha value is 32.5. The molecule has 32 heteroatoms. The Morgan fingerprint density at radius 3 is 0.523 bits per heavy atom. The molecule has 31 radical (unpaired) electrons. The molecule has 0 saturated carbocycles. The van der Waals surface area contributed by atoms with Gasteiger partial charge in [-0.25, -0.2) is 0 Å². The molecule has 0 saturated heterocycles. The summed E-state index contributed by atoms with van der Waals surface area (Å²) < 4.78 is 0. The molecule has 2 aromatic carbocycles. The largest absolute Gasteiger partial charge is 0.401 e. The summed E-state index contributed by atoms with van der Waals surface area (Å²) in [6, 6.07) is 21.7. The van der Waals surface area contributed by atoms with Gasteiger partial charge in [-0.05, 0) is 0 Å². The molecule has 44 heavy (non-hydrogen) atoms. The first kappa shape index (κ1) is 202. The molecule has 0 unspecified atom stereocenters. The van der Waals surface area contributed by atoms with Gasteiger partial charge in [0.2, 0.25) is 0 Å². The standard InChI is InChI=1S/C12H9N.31Y/c1-3-7-11(8-4-1)13-12-9-5-2-6-10-12;;;;;;;;;;;;;;;;;;;;;;;;;;;;;;;/h1-7,9,13H;;;;;;;;;;;;;;;;;;;;;;;;;;;;;;;/q-2;;;;;;;;;;;;;;;;;;;;;;;;;;;;;;;. The molecule has 0 aliphatic carbocycles. The molecule has 0 aliphatic heterocycles. The summed E-state index contributed by atoms with van der Waals surface area (Å²) in [7, 11) is 0. The Labute approximate surface area is 1050 Å². The summed E-state index contributed by atoms with van der Waals surface area (Å²) >= 11 is 0. The summed E-state index contributed by atoms with van der Waals surface area (Å²) in [5.74, 6) is 0. The maximum absolute atomic E-state index is 3.19. The number of anilines is 2. The molecule has 2 rings (SSSR count). The second kappa shape index (κ2) is 171. The maximum atomic E-state index is 3.19. The Balaban J connectivity index is -0.00000000226. The Bertz CT molecular complexity index is 354. The number of nitrogens with one attached hydrogen (secondary N) is 1. The minimum Gasteiger partial charge on any atom is -0.401 e. The van der Waals surface area contributed by atoms with Crippen LogP contribution in [0.4, 0.5) is 11.4 Å². The van der Waals surface area contributed by atoms with Gasteiger partial charge in [0, 0.05) is 1010 Å². The zero-order valence-corrected chi connectivity index (χ0v) is 113. The second-order valence-electron chi connectivity index (χ2n) is 2.68. The van der Waals surface area contributed by atoms with Crippen LogP contribution in [0, 0.1) is 12.1 Å². The fourth-order valence-corrected chi connectivity index (χ4v) is 1.09. The third-order valence-corrected chi connectivity index (χ3v) is 1.69. The second-order valence-corrected chi connectivity index (χ2v) is 2.68. The number of hydrogen-bond donors (Lipinski definition) is 1. The summed E-state index contributed by atoms with van der Waals surface area (Å²) in [6.07, 6.45) is 0. The molecule has 0 aromatic heterocycles. The van der Waals surface area contributed by atoms with Gasteiger partial charge in [-0.15, -0.1) is 12.1 Å². The van der Waals surface area contributed by atoms with E-state index in [1.165, 1.54) is 0 Å². The van der Waals surface area contributed by atoms with Gasteiger partial charge in [0.05, 0.1) is 0 Å². The Kier molecular flexibility index (Phi) is 784. The van der Waals surface area contributed by atoms with Crippen molar-refractivity contribution in [3.63, 3.8) is 0 Å². The van der Waals surface area contributed by atoms with Crippen molar-refractivity contribution in [3.8, 4) is 0 Å². The predicted molar refractivity (Wildman–Crippen MR) is 53.8 cm³/mol. The fourth-order valence-electron chi connectivity index (χ4n) is 1.09. The normalized spacial score (nSPS) is 2.82. The molecule has 0 atom stereocenters. The average molecular weight is 2920 g/mol. The third-order valence-electron chi connectivity index (χ3n) is 1.69. The van der Waals surface area contributed by atoms with E-state index in [-0.39, 0.29) is 1010 Å². The molecular weight excluding hydrogens is 2910 g/mol. The van der Waals surface area contributed by atoms with Crippen LogP contribution in [0.5, 0.6) is 0 Å². The van der Waals surface area contributed by atoms with Gasteiger partial charge >= 0.3 is 0 Å².